The Hall–Kier alpha value is -2.78. The Labute approximate surface area is 199 Å². The molecule has 2 unspecified atom stereocenters. The van der Waals surface area contributed by atoms with Crippen molar-refractivity contribution in [3.63, 3.8) is 0 Å². The zero-order valence-electron chi connectivity index (χ0n) is 18.6. The van der Waals surface area contributed by atoms with Crippen molar-refractivity contribution in [3.8, 4) is 28.7 Å². The van der Waals surface area contributed by atoms with Crippen LogP contribution < -0.4 is 21.3 Å². The molecule has 0 spiro atoms. The summed E-state index contributed by atoms with van der Waals surface area (Å²) >= 11 is 1.26. The molecule has 1 heterocycles. The number of amides is 1. The fourth-order valence-corrected chi connectivity index (χ4v) is 3.67. The molecule has 1 fully saturated rings. The average Bonchev–Trinajstić information content (AvgIpc) is 3.64. The third-order valence-electron chi connectivity index (χ3n) is 5.04. The highest BCUT2D eigenvalue weighted by atomic mass is 32.2. The van der Waals surface area contributed by atoms with E-state index >= 15 is 0 Å². The second-order valence-electron chi connectivity index (χ2n) is 7.67. The van der Waals surface area contributed by atoms with Gasteiger partial charge in [0.25, 0.3) is 5.91 Å². The van der Waals surface area contributed by atoms with Gasteiger partial charge in [0, 0.05) is 23.2 Å². The third-order valence-corrected chi connectivity index (χ3v) is 5.94. The van der Waals surface area contributed by atoms with Crippen LogP contribution >= 0.6 is 11.8 Å². The van der Waals surface area contributed by atoms with Gasteiger partial charge in [-0.3, -0.25) is 15.6 Å². The first-order valence-corrected chi connectivity index (χ1v) is 11.5. The number of nitrogens with zero attached hydrogens (tertiary/aromatic N) is 1. The van der Waals surface area contributed by atoms with Crippen molar-refractivity contribution in [3.05, 3.63) is 47.3 Å². The molecule has 0 bridgehead atoms. The van der Waals surface area contributed by atoms with E-state index in [1.807, 2.05) is 0 Å². The summed E-state index contributed by atoms with van der Waals surface area (Å²) in [7, 11) is 1.32. The van der Waals surface area contributed by atoms with Gasteiger partial charge >= 0.3 is 6.18 Å². The van der Waals surface area contributed by atoms with Crippen LogP contribution in [0.2, 0.25) is 0 Å². The first-order chi connectivity index (χ1) is 16.1. The average molecular weight is 495 g/mol. The lowest BCUT2D eigenvalue weighted by Crippen LogP contribution is -2.34. The molecule has 34 heavy (non-hydrogen) atoms. The van der Waals surface area contributed by atoms with Gasteiger partial charge in [0.05, 0.1) is 35.9 Å². The largest absolute Gasteiger partial charge is 0.496 e. The van der Waals surface area contributed by atoms with Crippen molar-refractivity contribution in [1.82, 2.24) is 15.7 Å². The minimum atomic E-state index is -4.59. The first kappa shape index (κ1) is 25.8. The van der Waals surface area contributed by atoms with Crippen molar-refractivity contribution in [2.24, 2.45) is 11.8 Å². The SMILES string of the molecule is COc1ccc(C(F)(F)F)cc1-c1cc(C(C)O)ncc1C(=O)NCSC(C#CC1CC1)NN. The van der Waals surface area contributed by atoms with Crippen LogP contribution in [0, 0.1) is 17.8 Å². The van der Waals surface area contributed by atoms with Crippen molar-refractivity contribution in [2.45, 2.75) is 37.4 Å². The van der Waals surface area contributed by atoms with E-state index in [1.165, 1.54) is 44.1 Å². The number of carbonyl (C=O) groups excluding carboxylic acids is 1. The highest BCUT2D eigenvalue weighted by Gasteiger charge is 2.32. The molecule has 1 aromatic heterocycles. The number of ether oxygens (including phenoxy) is 1. The number of carbonyl (C=O) groups is 1. The second-order valence-corrected chi connectivity index (χ2v) is 8.76. The number of aliphatic hydroxyl groups excluding tert-OH is 1. The number of aromatic nitrogens is 1. The van der Waals surface area contributed by atoms with Crippen LogP contribution in [-0.2, 0) is 6.18 Å². The van der Waals surface area contributed by atoms with Gasteiger partial charge in [0.2, 0.25) is 0 Å². The van der Waals surface area contributed by atoms with Crippen LogP contribution in [0.1, 0.15) is 47.5 Å². The van der Waals surface area contributed by atoms with Gasteiger partial charge in [-0.1, -0.05) is 11.8 Å². The topological polar surface area (TPSA) is 110 Å². The van der Waals surface area contributed by atoms with E-state index in [1.54, 1.807) is 0 Å². The summed E-state index contributed by atoms with van der Waals surface area (Å²) < 4.78 is 45.4. The van der Waals surface area contributed by atoms with Crippen LogP contribution in [0.4, 0.5) is 13.2 Å². The molecule has 2 atom stereocenters. The van der Waals surface area contributed by atoms with E-state index in [9.17, 15) is 23.1 Å². The normalized spacial score (nSPS) is 15.1. The molecular formula is C23H25F3N4O3S. The molecule has 1 amide bonds. The fourth-order valence-electron chi connectivity index (χ4n) is 3.04. The molecule has 5 N–H and O–H groups in total. The molecule has 7 nitrogen and oxygen atoms in total. The third kappa shape index (κ3) is 6.64. The lowest BCUT2D eigenvalue weighted by Gasteiger charge is -2.17. The predicted molar refractivity (Wildman–Crippen MR) is 123 cm³/mol. The molecular weight excluding hydrogens is 469 g/mol. The second kappa shape index (κ2) is 11.1. The maximum Gasteiger partial charge on any atom is 0.416 e. The minimum Gasteiger partial charge on any atom is -0.496 e. The summed E-state index contributed by atoms with van der Waals surface area (Å²) in [5.74, 6) is 11.7. The van der Waals surface area contributed by atoms with Gasteiger partial charge in [-0.05, 0) is 44.0 Å². The Balaban J connectivity index is 1.90. The molecule has 11 heteroatoms. The molecule has 0 radical (unpaired) electrons. The summed E-state index contributed by atoms with van der Waals surface area (Å²) in [5, 5.41) is 12.3. The summed E-state index contributed by atoms with van der Waals surface area (Å²) in [6.45, 7) is 1.47. The lowest BCUT2D eigenvalue weighted by molar-refractivity contribution is -0.137. The number of halogens is 3. The summed E-state index contributed by atoms with van der Waals surface area (Å²) in [6, 6.07) is 4.38. The Kier molecular flexibility index (Phi) is 8.43. The lowest BCUT2D eigenvalue weighted by atomic mass is 9.96. The van der Waals surface area contributed by atoms with Crippen molar-refractivity contribution >= 4 is 17.7 Å². The molecule has 2 aromatic rings. The van der Waals surface area contributed by atoms with E-state index in [0.29, 0.717) is 5.92 Å². The van der Waals surface area contributed by atoms with E-state index in [0.717, 1.165) is 25.0 Å². The highest BCUT2D eigenvalue weighted by Crippen LogP contribution is 2.39. The maximum atomic E-state index is 13.4. The molecule has 0 saturated heterocycles. The number of aliphatic hydroxyl groups is 1. The number of thioether (sulfide) groups is 1. The number of benzene rings is 1. The quantitative estimate of drug-likeness (QED) is 0.193. The molecule has 3 rings (SSSR count). The van der Waals surface area contributed by atoms with E-state index < -0.39 is 23.8 Å². The zero-order chi connectivity index (χ0) is 24.9. The van der Waals surface area contributed by atoms with Gasteiger partial charge in [-0.15, -0.1) is 11.8 Å². The van der Waals surface area contributed by atoms with Gasteiger partial charge in [-0.25, -0.2) is 5.43 Å². The molecule has 0 aliphatic heterocycles. The Bertz CT molecular complexity index is 1100. The van der Waals surface area contributed by atoms with Gasteiger partial charge < -0.3 is 15.2 Å². The summed E-state index contributed by atoms with van der Waals surface area (Å²) in [5.41, 5.74) is 2.10. The van der Waals surface area contributed by atoms with Crippen LogP contribution in [-0.4, -0.2) is 34.4 Å². The minimum absolute atomic E-state index is 0.0314. The standard InChI is InChI=1S/C23H25F3N4O3S/c1-13(31)19-10-16(17-9-15(23(24,25)26)6-7-20(17)33-2)18(11-28-19)22(32)29-12-34-21(30-27)8-5-14-3-4-14/h6-7,9-11,13-14,21,30-31H,3-4,12,27H2,1-2H3,(H,29,32). The van der Waals surface area contributed by atoms with Crippen molar-refractivity contribution in [1.29, 1.82) is 0 Å². The van der Waals surface area contributed by atoms with Crippen LogP contribution in [0.3, 0.4) is 0 Å². The number of hydrogen-bond donors (Lipinski definition) is 4. The number of methoxy groups -OCH3 is 1. The number of hydrazine groups is 1. The number of alkyl halides is 3. The van der Waals surface area contributed by atoms with Crippen LogP contribution in [0.5, 0.6) is 5.75 Å². The Morgan fingerprint density at radius 1 is 1.35 bits per heavy atom. The summed E-state index contributed by atoms with van der Waals surface area (Å²) in [6.07, 6.45) is -2.22. The zero-order valence-corrected chi connectivity index (χ0v) is 19.4. The van der Waals surface area contributed by atoms with E-state index in [2.05, 4.69) is 27.6 Å². The number of pyridine rings is 1. The number of nitrogens with two attached hydrogens (primary N) is 1. The van der Waals surface area contributed by atoms with Crippen LogP contribution in [0.25, 0.3) is 11.1 Å². The smallest absolute Gasteiger partial charge is 0.416 e. The first-order valence-electron chi connectivity index (χ1n) is 10.4. The van der Waals surface area contributed by atoms with Crippen molar-refractivity contribution < 1.29 is 27.8 Å². The Morgan fingerprint density at radius 2 is 2.09 bits per heavy atom. The number of hydrogen-bond acceptors (Lipinski definition) is 7. The molecule has 1 saturated carbocycles. The van der Waals surface area contributed by atoms with Crippen molar-refractivity contribution in [2.75, 3.05) is 13.0 Å². The predicted octanol–water partition coefficient (Wildman–Crippen LogP) is 3.45. The van der Waals surface area contributed by atoms with Crippen LogP contribution in [0.15, 0.2) is 30.5 Å². The van der Waals surface area contributed by atoms with Gasteiger partial charge in [0.15, 0.2) is 0 Å². The Morgan fingerprint density at radius 3 is 2.68 bits per heavy atom. The van der Waals surface area contributed by atoms with E-state index in [4.69, 9.17) is 10.6 Å². The monoisotopic (exact) mass is 494 g/mol. The van der Waals surface area contributed by atoms with Gasteiger partial charge in [-0.2, -0.15) is 13.2 Å². The molecule has 1 aromatic carbocycles. The molecule has 1 aliphatic rings. The number of nitrogens with one attached hydrogen (secondary N) is 2. The number of rotatable bonds is 8. The highest BCUT2D eigenvalue weighted by molar-refractivity contribution is 8.00. The van der Waals surface area contributed by atoms with Gasteiger partial charge in [0.1, 0.15) is 11.1 Å². The summed E-state index contributed by atoms with van der Waals surface area (Å²) in [4.78, 5) is 17.1. The van der Waals surface area contributed by atoms with E-state index in [-0.39, 0.29) is 39.4 Å². The maximum absolute atomic E-state index is 13.4. The molecule has 182 valence electrons. The fraction of sp³-hybridized carbons (Fsp3) is 0.391. The molecule has 1 aliphatic carbocycles.